The second-order valence-corrected chi connectivity index (χ2v) is 7.00. The van der Waals surface area contributed by atoms with Gasteiger partial charge in [0.25, 0.3) is 5.91 Å². The van der Waals surface area contributed by atoms with E-state index in [1.807, 2.05) is 12.1 Å². The SMILES string of the molecule is NC(=O)NC(=O)COC(=O)CCNS(=O)(=O)c1ccc2ccccc2c1. The largest absolute Gasteiger partial charge is 0.456 e. The van der Waals surface area contributed by atoms with Crippen molar-refractivity contribution in [3.63, 3.8) is 0 Å². The van der Waals surface area contributed by atoms with Crippen molar-refractivity contribution in [3.8, 4) is 0 Å². The van der Waals surface area contributed by atoms with Crippen LogP contribution in [-0.4, -0.2) is 39.5 Å². The Labute approximate surface area is 149 Å². The van der Waals surface area contributed by atoms with Crippen molar-refractivity contribution in [1.29, 1.82) is 0 Å². The van der Waals surface area contributed by atoms with Crippen molar-refractivity contribution in [1.82, 2.24) is 10.0 Å². The zero-order valence-corrected chi connectivity index (χ0v) is 14.4. The lowest BCUT2D eigenvalue weighted by Gasteiger charge is -2.08. The first-order chi connectivity index (χ1) is 12.3. The molecule has 26 heavy (non-hydrogen) atoms. The van der Waals surface area contributed by atoms with Gasteiger partial charge in [-0.15, -0.1) is 0 Å². The van der Waals surface area contributed by atoms with E-state index in [0.29, 0.717) is 0 Å². The normalized spacial score (nSPS) is 11.1. The highest BCUT2D eigenvalue weighted by Gasteiger charge is 2.15. The predicted octanol–water partition coefficient (Wildman–Crippen LogP) is 0.246. The molecule has 0 aliphatic carbocycles. The van der Waals surface area contributed by atoms with E-state index in [4.69, 9.17) is 5.73 Å². The standard InChI is InChI=1S/C16H17N3O6S/c17-16(22)19-14(20)10-25-15(21)7-8-18-26(23,24)13-6-5-11-3-1-2-4-12(11)9-13/h1-6,9,18H,7-8,10H2,(H3,17,19,20,22). The fourth-order valence-corrected chi connectivity index (χ4v) is 3.16. The lowest BCUT2D eigenvalue weighted by atomic mass is 10.1. The van der Waals surface area contributed by atoms with Gasteiger partial charge >= 0.3 is 12.0 Å². The molecule has 0 saturated carbocycles. The van der Waals surface area contributed by atoms with Gasteiger partial charge < -0.3 is 10.5 Å². The summed E-state index contributed by atoms with van der Waals surface area (Å²) in [4.78, 5) is 33.1. The van der Waals surface area contributed by atoms with E-state index in [9.17, 15) is 22.8 Å². The molecule has 0 radical (unpaired) electrons. The van der Waals surface area contributed by atoms with Gasteiger partial charge in [-0.05, 0) is 22.9 Å². The van der Waals surface area contributed by atoms with Gasteiger partial charge in [-0.3, -0.25) is 14.9 Å². The van der Waals surface area contributed by atoms with Crippen molar-refractivity contribution in [3.05, 3.63) is 42.5 Å². The highest BCUT2D eigenvalue weighted by atomic mass is 32.2. The molecule has 0 fully saturated rings. The van der Waals surface area contributed by atoms with Crippen LogP contribution in [0.3, 0.4) is 0 Å². The third-order valence-electron chi connectivity index (χ3n) is 3.28. The van der Waals surface area contributed by atoms with Crippen LogP contribution in [0.2, 0.25) is 0 Å². The Balaban J connectivity index is 1.86. The Morgan fingerprint density at radius 2 is 1.73 bits per heavy atom. The first kappa shape index (κ1) is 19.3. The fraction of sp³-hybridized carbons (Fsp3) is 0.188. The summed E-state index contributed by atoms with van der Waals surface area (Å²) in [5, 5.41) is 3.41. The summed E-state index contributed by atoms with van der Waals surface area (Å²) in [5.41, 5.74) is 4.73. The molecular formula is C16H17N3O6S. The Morgan fingerprint density at radius 3 is 2.42 bits per heavy atom. The monoisotopic (exact) mass is 379 g/mol. The van der Waals surface area contributed by atoms with E-state index in [0.717, 1.165) is 10.8 Å². The molecule has 3 amide bonds. The Bertz CT molecular complexity index is 942. The molecule has 0 aliphatic heterocycles. The van der Waals surface area contributed by atoms with Gasteiger partial charge in [0.2, 0.25) is 10.0 Å². The Kier molecular flexibility index (Phi) is 6.26. The average Bonchev–Trinajstić information content (AvgIpc) is 2.59. The molecule has 0 aliphatic rings. The third kappa shape index (κ3) is 5.53. The van der Waals surface area contributed by atoms with Crippen LogP contribution in [0.1, 0.15) is 6.42 Å². The molecule has 0 aromatic heterocycles. The van der Waals surface area contributed by atoms with Crippen LogP contribution in [0.25, 0.3) is 10.8 Å². The smallest absolute Gasteiger partial charge is 0.318 e. The van der Waals surface area contributed by atoms with E-state index in [-0.39, 0.29) is 17.9 Å². The number of rotatable bonds is 7. The van der Waals surface area contributed by atoms with Crippen LogP contribution < -0.4 is 15.8 Å². The number of hydrogen-bond donors (Lipinski definition) is 3. The number of primary amides is 1. The second kappa shape index (κ2) is 8.41. The number of amides is 3. The number of hydrogen-bond acceptors (Lipinski definition) is 6. The van der Waals surface area contributed by atoms with Gasteiger partial charge in [0.1, 0.15) is 0 Å². The number of sulfonamides is 1. The minimum absolute atomic E-state index is 0.0744. The summed E-state index contributed by atoms with van der Waals surface area (Å²) in [6, 6.07) is 10.9. The molecule has 2 aromatic rings. The molecule has 138 valence electrons. The lowest BCUT2D eigenvalue weighted by Crippen LogP contribution is -2.38. The number of carbonyl (C=O) groups is 3. The van der Waals surface area contributed by atoms with E-state index < -0.39 is 34.5 Å². The third-order valence-corrected chi connectivity index (χ3v) is 4.74. The number of nitrogens with two attached hydrogens (primary N) is 1. The lowest BCUT2D eigenvalue weighted by molar-refractivity contribution is -0.148. The van der Waals surface area contributed by atoms with E-state index in [1.54, 1.807) is 23.5 Å². The van der Waals surface area contributed by atoms with E-state index in [2.05, 4.69) is 9.46 Å². The van der Waals surface area contributed by atoms with Gasteiger partial charge in [0.05, 0.1) is 11.3 Å². The Hall–Kier alpha value is -2.98. The summed E-state index contributed by atoms with van der Waals surface area (Å²) in [6.45, 7) is -0.884. The number of benzene rings is 2. The van der Waals surface area contributed by atoms with E-state index in [1.165, 1.54) is 12.1 Å². The maximum atomic E-state index is 12.3. The molecule has 2 aromatic carbocycles. The maximum Gasteiger partial charge on any atom is 0.318 e. The van der Waals surface area contributed by atoms with Gasteiger partial charge in [0.15, 0.2) is 6.61 Å². The van der Waals surface area contributed by atoms with Crippen LogP contribution >= 0.6 is 0 Å². The maximum absolute atomic E-state index is 12.3. The molecule has 0 spiro atoms. The Morgan fingerprint density at radius 1 is 1.04 bits per heavy atom. The predicted molar refractivity (Wildman–Crippen MR) is 92.4 cm³/mol. The first-order valence-corrected chi connectivity index (χ1v) is 8.99. The molecule has 0 unspecified atom stereocenters. The van der Waals surface area contributed by atoms with Crippen molar-refractivity contribution in [2.24, 2.45) is 5.73 Å². The van der Waals surface area contributed by atoms with Crippen LogP contribution in [-0.2, 0) is 24.3 Å². The minimum Gasteiger partial charge on any atom is -0.456 e. The molecule has 0 saturated heterocycles. The molecule has 0 atom stereocenters. The van der Waals surface area contributed by atoms with Crippen molar-refractivity contribution < 1.29 is 27.5 Å². The topological polar surface area (TPSA) is 145 Å². The van der Waals surface area contributed by atoms with E-state index >= 15 is 0 Å². The first-order valence-electron chi connectivity index (χ1n) is 7.51. The van der Waals surface area contributed by atoms with Crippen LogP contribution in [0.15, 0.2) is 47.4 Å². The number of urea groups is 1. The van der Waals surface area contributed by atoms with Crippen LogP contribution in [0.5, 0.6) is 0 Å². The summed E-state index contributed by atoms with van der Waals surface area (Å²) in [6.07, 6.45) is -0.281. The highest BCUT2D eigenvalue weighted by molar-refractivity contribution is 7.89. The number of esters is 1. The number of imide groups is 1. The fourth-order valence-electron chi connectivity index (χ4n) is 2.10. The molecular weight excluding hydrogens is 362 g/mol. The van der Waals surface area contributed by atoms with Gasteiger partial charge in [-0.1, -0.05) is 30.3 Å². The molecule has 2 rings (SSSR count). The van der Waals surface area contributed by atoms with Crippen molar-refractivity contribution in [2.45, 2.75) is 11.3 Å². The van der Waals surface area contributed by atoms with Crippen LogP contribution in [0, 0.1) is 0 Å². The molecule has 9 nitrogen and oxygen atoms in total. The molecule has 0 heterocycles. The van der Waals surface area contributed by atoms with Gasteiger partial charge in [-0.25, -0.2) is 17.9 Å². The second-order valence-electron chi connectivity index (χ2n) is 5.23. The van der Waals surface area contributed by atoms with Crippen LogP contribution in [0.4, 0.5) is 4.79 Å². The van der Waals surface area contributed by atoms with Crippen molar-refractivity contribution >= 4 is 38.7 Å². The van der Waals surface area contributed by atoms with Gasteiger partial charge in [-0.2, -0.15) is 0 Å². The summed E-state index contributed by atoms with van der Waals surface area (Å²) in [5.74, 6) is -1.67. The number of ether oxygens (including phenoxy) is 1. The highest BCUT2D eigenvalue weighted by Crippen LogP contribution is 2.18. The summed E-state index contributed by atoms with van der Waals surface area (Å²) in [7, 11) is -3.79. The summed E-state index contributed by atoms with van der Waals surface area (Å²) < 4.78 is 31.4. The molecule has 10 heteroatoms. The quantitative estimate of drug-likeness (QED) is 0.588. The number of fused-ring (bicyclic) bond motifs is 1. The zero-order chi connectivity index (χ0) is 19.2. The average molecular weight is 379 g/mol. The summed E-state index contributed by atoms with van der Waals surface area (Å²) >= 11 is 0. The van der Waals surface area contributed by atoms with Crippen molar-refractivity contribution in [2.75, 3.05) is 13.2 Å². The number of carbonyl (C=O) groups excluding carboxylic acids is 3. The zero-order valence-electron chi connectivity index (χ0n) is 13.6. The van der Waals surface area contributed by atoms with Gasteiger partial charge in [0, 0.05) is 6.54 Å². The molecule has 0 bridgehead atoms. The molecule has 4 N–H and O–H groups in total. The minimum atomic E-state index is -3.79. The number of nitrogens with one attached hydrogen (secondary N) is 2.